The highest BCUT2D eigenvalue weighted by Crippen LogP contribution is 2.41. The molecular weight excluding hydrogens is 538 g/mol. The zero-order valence-corrected chi connectivity index (χ0v) is 25.9. The Kier molecular flexibility index (Phi) is 12.5. The van der Waals surface area contributed by atoms with Gasteiger partial charge in [-0.2, -0.15) is 10.5 Å². The van der Waals surface area contributed by atoms with Gasteiger partial charge in [0, 0.05) is 0 Å². The Morgan fingerprint density at radius 1 is 0.698 bits per heavy atom. The second kappa shape index (κ2) is 16.5. The molecule has 43 heavy (non-hydrogen) atoms. The number of hydrogen-bond acceptors (Lipinski definition) is 3. The lowest BCUT2D eigenvalue weighted by molar-refractivity contribution is 0.193. The molecule has 0 spiro atoms. The van der Waals surface area contributed by atoms with Crippen molar-refractivity contribution in [2.75, 3.05) is 13.2 Å². The summed E-state index contributed by atoms with van der Waals surface area (Å²) < 4.78 is 35.4. The van der Waals surface area contributed by atoms with Gasteiger partial charge in [-0.05, 0) is 122 Å². The second-order valence-corrected chi connectivity index (χ2v) is 12.5. The highest BCUT2D eigenvalue weighted by Gasteiger charge is 2.26. The van der Waals surface area contributed by atoms with Crippen LogP contribution >= 0.6 is 0 Å². The van der Waals surface area contributed by atoms with E-state index in [2.05, 4.69) is 26.0 Å². The van der Waals surface area contributed by atoms with Crippen LogP contribution in [-0.4, -0.2) is 13.2 Å². The number of halogens is 2. The van der Waals surface area contributed by atoms with Crippen LogP contribution in [-0.2, 0) is 4.74 Å². The molecule has 5 heteroatoms. The van der Waals surface area contributed by atoms with E-state index < -0.39 is 11.6 Å². The maximum atomic E-state index is 14.6. The highest BCUT2D eigenvalue weighted by atomic mass is 19.1. The van der Waals surface area contributed by atoms with Crippen LogP contribution < -0.4 is 0 Å². The fraction of sp³-hybridized carbons (Fsp3) is 0.526. The van der Waals surface area contributed by atoms with Crippen molar-refractivity contribution in [3.8, 4) is 12.1 Å². The predicted molar refractivity (Wildman–Crippen MR) is 170 cm³/mol. The minimum Gasteiger partial charge on any atom is -0.373 e. The number of rotatable bonds is 12. The summed E-state index contributed by atoms with van der Waals surface area (Å²) in [6, 6.07) is 13.7. The third kappa shape index (κ3) is 8.87. The van der Waals surface area contributed by atoms with Gasteiger partial charge in [0.2, 0.25) is 0 Å². The lowest BCUT2D eigenvalue weighted by Crippen LogP contribution is -2.17. The zero-order chi connectivity index (χ0) is 30.6. The van der Waals surface area contributed by atoms with Crippen molar-refractivity contribution in [1.82, 2.24) is 0 Å². The highest BCUT2D eigenvalue weighted by molar-refractivity contribution is 5.69. The van der Waals surface area contributed by atoms with E-state index in [9.17, 15) is 19.3 Å². The van der Waals surface area contributed by atoms with Crippen molar-refractivity contribution in [3.05, 3.63) is 82.4 Å². The fourth-order valence-electron chi connectivity index (χ4n) is 7.32. The molecule has 2 saturated carbocycles. The van der Waals surface area contributed by atoms with Crippen molar-refractivity contribution < 1.29 is 13.5 Å². The number of benzene rings is 2. The van der Waals surface area contributed by atoms with Gasteiger partial charge in [0.1, 0.15) is 23.8 Å². The quantitative estimate of drug-likeness (QED) is 0.233. The summed E-state index contributed by atoms with van der Waals surface area (Å²) in [6.45, 7) is 5.26. The number of allylic oxidation sites excluding steroid dienone is 2. The van der Waals surface area contributed by atoms with Crippen LogP contribution in [0.2, 0.25) is 0 Å². The van der Waals surface area contributed by atoms with E-state index in [1.165, 1.54) is 63.5 Å². The summed E-state index contributed by atoms with van der Waals surface area (Å²) in [5.41, 5.74) is 3.98. The largest absolute Gasteiger partial charge is 0.373 e. The molecule has 0 saturated heterocycles. The van der Waals surface area contributed by atoms with Crippen LogP contribution in [0.3, 0.4) is 0 Å². The summed E-state index contributed by atoms with van der Waals surface area (Å²) in [4.78, 5) is 0. The smallest absolute Gasteiger partial charge is 0.141 e. The molecule has 0 atom stereocenters. The average molecular weight is 585 g/mol. The molecule has 2 aliphatic rings. The third-order valence-corrected chi connectivity index (χ3v) is 9.65. The normalized spacial score (nSPS) is 23.0. The lowest BCUT2D eigenvalue weighted by atomic mass is 9.75. The summed E-state index contributed by atoms with van der Waals surface area (Å²) in [5, 5.41) is 18.4. The van der Waals surface area contributed by atoms with Crippen LogP contribution in [0.15, 0.2) is 48.6 Å². The molecule has 2 aromatic carbocycles. The molecule has 0 unspecified atom stereocenters. The van der Waals surface area contributed by atoms with Crippen molar-refractivity contribution in [2.24, 2.45) is 23.7 Å². The Morgan fingerprint density at radius 2 is 1.09 bits per heavy atom. The van der Waals surface area contributed by atoms with Crippen molar-refractivity contribution in [1.29, 1.82) is 10.5 Å². The van der Waals surface area contributed by atoms with E-state index >= 15 is 0 Å². The van der Waals surface area contributed by atoms with Crippen LogP contribution in [0.5, 0.6) is 0 Å². The molecule has 2 aromatic rings. The SMILES string of the molecule is CCCC1CCC(C(=CCOCC=C(c2ccc(C#N)c(F)c2)C2CCC(CCC)CC2)c2ccc(C#N)c(F)c2)CC1. The maximum absolute atomic E-state index is 14.6. The summed E-state index contributed by atoms with van der Waals surface area (Å²) in [6.07, 6.45) is 18.2. The van der Waals surface area contributed by atoms with Gasteiger partial charge >= 0.3 is 0 Å². The van der Waals surface area contributed by atoms with Crippen LogP contribution in [0.4, 0.5) is 8.78 Å². The molecule has 2 fully saturated rings. The second-order valence-electron chi connectivity index (χ2n) is 12.5. The van der Waals surface area contributed by atoms with E-state index in [4.69, 9.17) is 4.74 Å². The van der Waals surface area contributed by atoms with E-state index in [1.54, 1.807) is 12.1 Å². The van der Waals surface area contributed by atoms with Gasteiger partial charge < -0.3 is 4.74 Å². The first-order valence-corrected chi connectivity index (χ1v) is 16.3. The van der Waals surface area contributed by atoms with E-state index in [0.29, 0.717) is 25.0 Å². The van der Waals surface area contributed by atoms with Gasteiger partial charge in [0.15, 0.2) is 0 Å². The molecule has 0 amide bonds. The van der Waals surface area contributed by atoms with Crippen LogP contribution in [0.25, 0.3) is 11.1 Å². The molecule has 0 heterocycles. The average Bonchev–Trinajstić information content (AvgIpc) is 3.02. The molecule has 3 nitrogen and oxygen atoms in total. The Balaban J connectivity index is 1.50. The third-order valence-electron chi connectivity index (χ3n) is 9.65. The zero-order valence-electron chi connectivity index (χ0n) is 25.9. The van der Waals surface area contributed by atoms with Gasteiger partial charge in [-0.3, -0.25) is 0 Å². The van der Waals surface area contributed by atoms with Gasteiger partial charge in [0.25, 0.3) is 0 Å². The summed E-state index contributed by atoms with van der Waals surface area (Å²) in [5.74, 6) is 1.25. The molecule has 0 N–H and O–H groups in total. The predicted octanol–water partition coefficient (Wildman–Crippen LogP) is 10.4. The molecule has 0 bridgehead atoms. The minimum absolute atomic E-state index is 0.0617. The van der Waals surface area contributed by atoms with Crippen LogP contribution in [0.1, 0.15) is 113 Å². The Hall–Kier alpha value is -3.28. The molecule has 0 aliphatic heterocycles. The monoisotopic (exact) mass is 584 g/mol. The first kappa shape index (κ1) is 32.6. The molecule has 4 rings (SSSR count). The van der Waals surface area contributed by atoms with Gasteiger partial charge in [-0.25, -0.2) is 8.78 Å². The molecule has 0 aromatic heterocycles. The van der Waals surface area contributed by atoms with Gasteiger partial charge in [-0.1, -0.05) is 63.8 Å². The van der Waals surface area contributed by atoms with Crippen LogP contribution in [0, 0.1) is 58.0 Å². The number of nitrogens with zero attached hydrogens (tertiary/aromatic N) is 2. The van der Waals surface area contributed by atoms with E-state index in [-0.39, 0.29) is 11.1 Å². The summed E-state index contributed by atoms with van der Waals surface area (Å²) in [7, 11) is 0. The number of nitriles is 2. The minimum atomic E-state index is -0.484. The molecular formula is C38H46F2N2O. The van der Waals surface area contributed by atoms with Gasteiger partial charge in [-0.15, -0.1) is 0 Å². The topological polar surface area (TPSA) is 56.8 Å². The van der Waals surface area contributed by atoms with Crippen molar-refractivity contribution >= 4 is 11.1 Å². The van der Waals surface area contributed by atoms with Crippen molar-refractivity contribution in [3.63, 3.8) is 0 Å². The first-order chi connectivity index (χ1) is 21.0. The summed E-state index contributed by atoms with van der Waals surface area (Å²) >= 11 is 0. The van der Waals surface area contributed by atoms with Crippen molar-refractivity contribution in [2.45, 2.75) is 90.9 Å². The molecule has 228 valence electrons. The standard InChI is InChI=1S/C38H46F2N2O/c1-3-5-27-7-11-29(12-8-27)35(31-15-17-33(25-41)37(39)23-31)19-21-43-22-20-36(30-13-9-28(6-4-2)10-14-30)32-16-18-34(26-42)38(40)24-32/h15-20,23-24,27-30H,3-14,21-22H2,1-2H3. The first-order valence-electron chi connectivity index (χ1n) is 16.3. The molecule has 0 radical (unpaired) electrons. The fourth-order valence-corrected chi connectivity index (χ4v) is 7.32. The Labute approximate surface area is 257 Å². The van der Waals surface area contributed by atoms with Gasteiger partial charge in [0.05, 0.1) is 24.3 Å². The molecule has 2 aliphatic carbocycles. The number of ether oxygens (including phenoxy) is 1. The number of hydrogen-bond donors (Lipinski definition) is 0. The lowest BCUT2D eigenvalue weighted by Gasteiger charge is -2.31. The van der Waals surface area contributed by atoms with E-state index in [0.717, 1.165) is 59.8 Å². The Morgan fingerprint density at radius 3 is 1.42 bits per heavy atom. The Bertz CT molecular complexity index is 1250. The van der Waals surface area contributed by atoms with E-state index in [1.807, 2.05) is 24.3 Å². The maximum Gasteiger partial charge on any atom is 0.141 e.